The summed E-state index contributed by atoms with van der Waals surface area (Å²) >= 11 is 0. The Bertz CT molecular complexity index is 66.3. The van der Waals surface area contributed by atoms with Crippen molar-refractivity contribution in [1.29, 1.82) is 0 Å². The van der Waals surface area contributed by atoms with Gasteiger partial charge in [-0.2, -0.15) is 0 Å². The molecule has 2 nitrogen and oxygen atoms in total. The van der Waals surface area contributed by atoms with Gasteiger partial charge in [0.25, 0.3) is 0 Å². The lowest BCUT2D eigenvalue weighted by atomic mass is 10.1. The van der Waals surface area contributed by atoms with Crippen molar-refractivity contribution in [1.82, 2.24) is 0 Å². The van der Waals surface area contributed by atoms with Crippen LogP contribution in [0.4, 0.5) is 0 Å². The molecule has 0 heterocycles. The third kappa shape index (κ3) is 6.05. The van der Waals surface area contributed by atoms with Crippen LogP contribution in [0.1, 0.15) is 39.0 Å². The van der Waals surface area contributed by atoms with Crippen LogP contribution in [0.15, 0.2) is 0 Å². The Hall–Kier alpha value is -0.0800. The molecular weight excluding hydrogens is 126 g/mol. The average Bonchev–Trinajstić information content (AvgIpc) is 1.89. The summed E-state index contributed by atoms with van der Waals surface area (Å²) in [5.74, 6) is 0. The smallest absolute Gasteiger partial charge is 0.0837 e. The molecule has 10 heavy (non-hydrogen) atoms. The third-order valence-electron chi connectivity index (χ3n) is 1.67. The number of rotatable bonds is 6. The summed E-state index contributed by atoms with van der Waals surface area (Å²) in [6.45, 7) is 2.15. The molecule has 1 radical (unpaired) electrons. The second-order valence-corrected chi connectivity index (χ2v) is 2.75. The zero-order chi connectivity index (χ0) is 7.82. The van der Waals surface area contributed by atoms with E-state index in [1.54, 1.807) is 0 Å². The first kappa shape index (κ1) is 9.92. The topological polar surface area (TPSA) is 45.9 Å². The molecule has 2 N–H and O–H groups in total. The van der Waals surface area contributed by atoms with Gasteiger partial charge in [0.1, 0.15) is 0 Å². The number of hydrogen-bond acceptors (Lipinski definition) is 1. The second kappa shape index (κ2) is 7.03. The van der Waals surface area contributed by atoms with Crippen LogP contribution in [0.2, 0.25) is 0 Å². The zero-order valence-electron chi connectivity index (χ0n) is 6.81. The van der Waals surface area contributed by atoms with E-state index in [1.165, 1.54) is 19.3 Å². The van der Waals surface area contributed by atoms with Crippen LogP contribution in [0, 0.1) is 0 Å². The molecule has 2 heteroatoms. The van der Waals surface area contributed by atoms with Gasteiger partial charge in [0, 0.05) is 6.04 Å². The number of nitrogens with two attached hydrogens (primary N) is 1. The van der Waals surface area contributed by atoms with Crippen molar-refractivity contribution < 1.29 is 5.11 Å². The van der Waals surface area contributed by atoms with Gasteiger partial charge in [0.15, 0.2) is 0 Å². The largest absolute Gasteiger partial charge is 0.328 e. The molecular formula is C8H18NO. The maximum absolute atomic E-state index is 10.1. The summed E-state index contributed by atoms with van der Waals surface area (Å²) < 4.78 is 0. The molecule has 0 aliphatic carbocycles. The number of unbranched alkanes of at least 4 members (excludes halogenated alkanes) is 2. The minimum atomic E-state index is -0.0205. The van der Waals surface area contributed by atoms with Gasteiger partial charge in [-0.05, 0) is 12.8 Å². The van der Waals surface area contributed by atoms with E-state index < -0.39 is 0 Å². The molecule has 0 rings (SSSR count). The van der Waals surface area contributed by atoms with Crippen LogP contribution in [-0.4, -0.2) is 12.6 Å². The van der Waals surface area contributed by atoms with E-state index in [9.17, 15) is 5.11 Å². The number of hydrogen-bond donors (Lipinski definition) is 1. The van der Waals surface area contributed by atoms with Crippen molar-refractivity contribution >= 4 is 0 Å². The minimum Gasteiger partial charge on any atom is -0.328 e. The maximum Gasteiger partial charge on any atom is 0.0837 e. The summed E-state index contributed by atoms with van der Waals surface area (Å²) in [7, 11) is 0. The predicted molar refractivity (Wildman–Crippen MR) is 42.3 cm³/mol. The quantitative estimate of drug-likeness (QED) is 0.567. The van der Waals surface area contributed by atoms with Gasteiger partial charge >= 0.3 is 0 Å². The van der Waals surface area contributed by atoms with Crippen LogP contribution >= 0.6 is 0 Å². The monoisotopic (exact) mass is 144 g/mol. The van der Waals surface area contributed by atoms with Crippen molar-refractivity contribution in [3.8, 4) is 0 Å². The summed E-state index contributed by atoms with van der Waals surface area (Å²) in [6.07, 6.45) is 5.31. The fraction of sp³-hybridized carbons (Fsp3) is 1.00. The SMILES string of the molecule is CCCCCC(N)CC[O]. The lowest BCUT2D eigenvalue weighted by Crippen LogP contribution is -2.20. The molecule has 0 amide bonds. The molecule has 0 aromatic carbocycles. The molecule has 1 unspecified atom stereocenters. The Morgan fingerprint density at radius 3 is 2.50 bits per heavy atom. The lowest BCUT2D eigenvalue weighted by molar-refractivity contribution is 0.180. The molecule has 0 bridgehead atoms. The summed E-state index contributed by atoms with van der Waals surface area (Å²) in [5, 5.41) is 10.1. The maximum atomic E-state index is 10.1. The Morgan fingerprint density at radius 1 is 1.30 bits per heavy atom. The van der Waals surface area contributed by atoms with Crippen molar-refractivity contribution in [3.63, 3.8) is 0 Å². The van der Waals surface area contributed by atoms with E-state index in [1.807, 2.05) is 0 Å². The summed E-state index contributed by atoms with van der Waals surface area (Å²) in [4.78, 5) is 0. The Balaban J connectivity index is 2.97. The molecule has 0 aromatic heterocycles. The highest BCUT2D eigenvalue weighted by molar-refractivity contribution is 4.59. The normalized spacial score (nSPS) is 13.5. The first-order chi connectivity index (χ1) is 4.81. The molecule has 1 atom stereocenters. The Labute approximate surface area is 63.4 Å². The van der Waals surface area contributed by atoms with Crippen molar-refractivity contribution in [2.45, 2.75) is 45.1 Å². The van der Waals surface area contributed by atoms with Gasteiger partial charge in [-0.3, -0.25) is 0 Å². The molecule has 61 valence electrons. The first-order valence-corrected chi connectivity index (χ1v) is 4.15. The third-order valence-corrected chi connectivity index (χ3v) is 1.67. The van der Waals surface area contributed by atoms with Gasteiger partial charge in [0.2, 0.25) is 0 Å². The van der Waals surface area contributed by atoms with Crippen LogP contribution in [-0.2, 0) is 5.11 Å². The summed E-state index contributed by atoms with van der Waals surface area (Å²) in [5.41, 5.74) is 5.62. The highest BCUT2D eigenvalue weighted by Crippen LogP contribution is 2.03. The van der Waals surface area contributed by atoms with E-state index >= 15 is 0 Å². The summed E-state index contributed by atoms with van der Waals surface area (Å²) in [6, 6.07) is 0.157. The van der Waals surface area contributed by atoms with E-state index in [0.29, 0.717) is 6.42 Å². The Morgan fingerprint density at radius 2 is 2.00 bits per heavy atom. The average molecular weight is 144 g/mol. The molecule has 0 aliphatic rings. The molecule has 0 aromatic rings. The molecule has 0 saturated heterocycles. The van der Waals surface area contributed by atoms with E-state index in [4.69, 9.17) is 5.73 Å². The Kier molecular flexibility index (Phi) is 6.98. The van der Waals surface area contributed by atoms with Gasteiger partial charge in [-0.15, -0.1) is 0 Å². The second-order valence-electron chi connectivity index (χ2n) is 2.75. The van der Waals surface area contributed by atoms with Gasteiger partial charge in [0.05, 0.1) is 6.61 Å². The molecule has 0 aliphatic heterocycles. The molecule has 0 fully saturated rings. The lowest BCUT2D eigenvalue weighted by Gasteiger charge is -2.07. The minimum absolute atomic E-state index is 0.0205. The van der Waals surface area contributed by atoms with E-state index in [0.717, 1.165) is 6.42 Å². The van der Waals surface area contributed by atoms with Crippen LogP contribution in [0.3, 0.4) is 0 Å². The van der Waals surface area contributed by atoms with Crippen molar-refractivity contribution in [2.24, 2.45) is 5.73 Å². The highest BCUT2D eigenvalue weighted by atomic mass is 16.3. The fourth-order valence-corrected chi connectivity index (χ4v) is 0.952. The van der Waals surface area contributed by atoms with Gasteiger partial charge < -0.3 is 5.73 Å². The predicted octanol–water partition coefficient (Wildman–Crippen LogP) is 1.71. The van der Waals surface area contributed by atoms with Gasteiger partial charge in [-0.25, -0.2) is 5.11 Å². The van der Waals surface area contributed by atoms with Crippen LogP contribution in [0.5, 0.6) is 0 Å². The fourth-order valence-electron chi connectivity index (χ4n) is 0.952. The van der Waals surface area contributed by atoms with Crippen LogP contribution < -0.4 is 5.73 Å². The zero-order valence-corrected chi connectivity index (χ0v) is 6.81. The van der Waals surface area contributed by atoms with E-state index in [2.05, 4.69) is 6.92 Å². The molecule has 0 saturated carbocycles. The van der Waals surface area contributed by atoms with Gasteiger partial charge in [-0.1, -0.05) is 26.2 Å². The van der Waals surface area contributed by atoms with Crippen molar-refractivity contribution in [2.75, 3.05) is 6.61 Å². The highest BCUT2D eigenvalue weighted by Gasteiger charge is 1.99. The first-order valence-electron chi connectivity index (χ1n) is 4.15. The van der Waals surface area contributed by atoms with E-state index in [-0.39, 0.29) is 12.6 Å². The molecule has 0 spiro atoms. The van der Waals surface area contributed by atoms with Crippen LogP contribution in [0.25, 0.3) is 0 Å². The standard InChI is InChI=1S/C8H18NO/c1-2-3-4-5-8(9)6-7-10/h8H,2-7,9H2,1H3. The van der Waals surface area contributed by atoms with Crippen molar-refractivity contribution in [3.05, 3.63) is 0 Å².